The van der Waals surface area contributed by atoms with E-state index in [1.54, 1.807) is 24.3 Å². The molecule has 2 aromatic carbocycles. The number of nitrogens with one attached hydrogen (secondary N) is 2. The number of sulfonamides is 1. The lowest BCUT2D eigenvalue weighted by Gasteiger charge is -2.20. The quantitative estimate of drug-likeness (QED) is 0.474. The highest BCUT2D eigenvalue weighted by Crippen LogP contribution is 2.19. The van der Waals surface area contributed by atoms with E-state index in [2.05, 4.69) is 34.7 Å². The van der Waals surface area contributed by atoms with Gasteiger partial charge in [-0.3, -0.25) is 0 Å². The molecule has 2 rings (SSSR count). The predicted octanol–water partition coefficient (Wildman–Crippen LogP) is 3.60. The second-order valence-electron chi connectivity index (χ2n) is 7.86. The van der Waals surface area contributed by atoms with Gasteiger partial charge in [-0.1, -0.05) is 56.3 Å². The Hall–Kier alpha value is -2.42. The lowest BCUT2D eigenvalue weighted by molar-refractivity contribution is 0.236. The summed E-state index contributed by atoms with van der Waals surface area (Å²) in [5.41, 5.74) is 2.12. The molecule has 0 radical (unpaired) electrons. The molecule has 176 valence electrons. The molecular formula is C24H36N4O3S. The van der Waals surface area contributed by atoms with Crippen LogP contribution in [0.1, 0.15) is 44.4 Å². The Labute approximate surface area is 192 Å². The fourth-order valence-corrected chi connectivity index (χ4v) is 4.96. The van der Waals surface area contributed by atoms with Crippen LogP contribution in [0.3, 0.4) is 0 Å². The van der Waals surface area contributed by atoms with Crippen LogP contribution in [0, 0.1) is 0 Å². The Morgan fingerprint density at radius 3 is 2.22 bits per heavy atom. The Bertz CT molecular complexity index is 929. The van der Waals surface area contributed by atoms with Crippen molar-refractivity contribution in [3.05, 3.63) is 65.7 Å². The van der Waals surface area contributed by atoms with Gasteiger partial charge in [-0.25, -0.2) is 13.2 Å². The van der Waals surface area contributed by atoms with Crippen molar-refractivity contribution in [3.63, 3.8) is 0 Å². The van der Waals surface area contributed by atoms with Gasteiger partial charge in [0.05, 0.1) is 10.9 Å². The molecule has 2 aromatic rings. The monoisotopic (exact) mass is 460 g/mol. The molecule has 0 aromatic heterocycles. The van der Waals surface area contributed by atoms with E-state index in [4.69, 9.17) is 0 Å². The summed E-state index contributed by atoms with van der Waals surface area (Å²) in [6.45, 7) is 8.72. The number of nitrogens with zero attached hydrogens (tertiary/aromatic N) is 2. The van der Waals surface area contributed by atoms with Crippen molar-refractivity contribution in [2.24, 2.45) is 0 Å². The fourth-order valence-electron chi connectivity index (χ4n) is 3.50. The smallest absolute Gasteiger partial charge is 0.315 e. The summed E-state index contributed by atoms with van der Waals surface area (Å²) in [7, 11) is -1.41. The van der Waals surface area contributed by atoms with Gasteiger partial charge in [0.25, 0.3) is 0 Å². The SMILES string of the molecule is CCN(CC)S(=O)(=O)c1ccc(C(C)NC(=O)NCCCN(C)Cc2ccccc2)cc1. The van der Waals surface area contributed by atoms with Gasteiger partial charge in [-0.15, -0.1) is 0 Å². The minimum atomic E-state index is -3.48. The molecule has 32 heavy (non-hydrogen) atoms. The van der Waals surface area contributed by atoms with Crippen LogP contribution in [0.15, 0.2) is 59.5 Å². The van der Waals surface area contributed by atoms with Gasteiger partial charge in [0.15, 0.2) is 0 Å². The van der Waals surface area contributed by atoms with Gasteiger partial charge >= 0.3 is 6.03 Å². The maximum atomic E-state index is 12.6. The standard InChI is InChI=1S/C24H36N4O3S/c1-5-28(6-2)32(30,31)23-15-13-22(14-16-23)20(3)26-24(29)25-17-10-18-27(4)19-21-11-8-7-9-12-21/h7-9,11-16,20H,5-6,10,17-19H2,1-4H3,(H2,25,26,29). The highest BCUT2D eigenvalue weighted by molar-refractivity contribution is 7.89. The fraction of sp³-hybridized carbons (Fsp3) is 0.458. The van der Waals surface area contributed by atoms with Crippen LogP contribution in [0.4, 0.5) is 4.79 Å². The number of benzene rings is 2. The summed E-state index contributed by atoms with van der Waals surface area (Å²) in [6, 6.07) is 16.5. The Morgan fingerprint density at radius 1 is 1.00 bits per heavy atom. The van der Waals surface area contributed by atoms with E-state index in [9.17, 15) is 13.2 Å². The van der Waals surface area contributed by atoms with E-state index in [-0.39, 0.29) is 17.0 Å². The normalized spacial score (nSPS) is 12.7. The zero-order valence-corrected chi connectivity index (χ0v) is 20.4. The maximum Gasteiger partial charge on any atom is 0.315 e. The van der Waals surface area contributed by atoms with Crippen LogP contribution in [-0.4, -0.2) is 56.9 Å². The topological polar surface area (TPSA) is 81.8 Å². The zero-order valence-electron chi connectivity index (χ0n) is 19.5. The maximum absolute atomic E-state index is 12.6. The van der Waals surface area contributed by atoms with E-state index >= 15 is 0 Å². The predicted molar refractivity (Wildman–Crippen MR) is 129 cm³/mol. The first kappa shape index (κ1) is 25.8. The number of rotatable bonds is 12. The summed E-state index contributed by atoms with van der Waals surface area (Å²) in [5.74, 6) is 0. The molecule has 0 saturated carbocycles. The van der Waals surface area contributed by atoms with Gasteiger partial charge in [0.1, 0.15) is 0 Å². The first-order chi connectivity index (χ1) is 15.3. The van der Waals surface area contributed by atoms with E-state index in [1.807, 2.05) is 39.0 Å². The number of carbonyl (C=O) groups is 1. The minimum Gasteiger partial charge on any atom is -0.338 e. The van der Waals surface area contributed by atoms with Crippen LogP contribution in [0.25, 0.3) is 0 Å². The molecule has 0 aliphatic carbocycles. The second-order valence-corrected chi connectivity index (χ2v) is 9.80. The summed E-state index contributed by atoms with van der Waals surface area (Å²) in [5, 5.41) is 5.79. The lowest BCUT2D eigenvalue weighted by atomic mass is 10.1. The highest BCUT2D eigenvalue weighted by atomic mass is 32.2. The average molecular weight is 461 g/mol. The van der Waals surface area contributed by atoms with Crippen molar-refractivity contribution >= 4 is 16.1 Å². The summed E-state index contributed by atoms with van der Waals surface area (Å²) in [6.07, 6.45) is 0.850. The van der Waals surface area contributed by atoms with Crippen LogP contribution in [-0.2, 0) is 16.6 Å². The van der Waals surface area contributed by atoms with Crippen molar-refractivity contribution in [1.29, 1.82) is 0 Å². The average Bonchev–Trinajstić information content (AvgIpc) is 2.78. The first-order valence-corrected chi connectivity index (χ1v) is 12.6. The van der Waals surface area contributed by atoms with Gasteiger partial charge in [-0.2, -0.15) is 4.31 Å². The first-order valence-electron chi connectivity index (χ1n) is 11.1. The van der Waals surface area contributed by atoms with Crippen LogP contribution in [0.5, 0.6) is 0 Å². The third-order valence-corrected chi connectivity index (χ3v) is 7.43. The second kappa shape index (κ2) is 12.6. The number of hydrogen-bond acceptors (Lipinski definition) is 4. The molecule has 0 bridgehead atoms. The molecule has 0 aliphatic rings. The minimum absolute atomic E-state index is 0.233. The molecule has 0 fully saturated rings. The van der Waals surface area contributed by atoms with Gasteiger partial charge in [0, 0.05) is 26.2 Å². The molecule has 7 nitrogen and oxygen atoms in total. The van der Waals surface area contributed by atoms with E-state index in [0.717, 1.165) is 25.1 Å². The van der Waals surface area contributed by atoms with Gasteiger partial charge in [0.2, 0.25) is 10.0 Å². The van der Waals surface area contributed by atoms with E-state index in [0.29, 0.717) is 19.6 Å². The zero-order chi connectivity index (χ0) is 23.6. The number of amides is 2. The molecule has 2 N–H and O–H groups in total. The Balaban J connectivity index is 1.76. The van der Waals surface area contributed by atoms with Crippen LogP contribution >= 0.6 is 0 Å². The number of hydrogen-bond donors (Lipinski definition) is 2. The molecule has 0 heterocycles. The van der Waals surface area contributed by atoms with E-state index in [1.165, 1.54) is 9.87 Å². The Morgan fingerprint density at radius 2 is 1.62 bits per heavy atom. The summed E-state index contributed by atoms with van der Waals surface area (Å²) >= 11 is 0. The lowest BCUT2D eigenvalue weighted by Crippen LogP contribution is -2.38. The van der Waals surface area contributed by atoms with Crippen molar-refractivity contribution in [2.45, 2.75) is 44.7 Å². The van der Waals surface area contributed by atoms with E-state index < -0.39 is 10.0 Å². The molecule has 1 unspecified atom stereocenters. The molecule has 8 heteroatoms. The third-order valence-electron chi connectivity index (χ3n) is 5.37. The van der Waals surface area contributed by atoms with Crippen molar-refractivity contribution < 1.29 is 13.2 Å². The summed E-state index contributed by atoms with van der Waals surface area (Å²) in [4.78, 5) is 14.7. The molecular weight excluding hydrogens is 424 g/mol. The molecule has 0 aliphatic heterocycles. The van der Waals surface area contributed by atoms with Crippen molar-refractivity contribution in [1.82, 2.24) is 19.8 Å². The van der Waals surface area contributed by atoms with Crippen LogP contribution < -0.4 is 10.6 Å². The third kappa shape index (κ3) is 7.62. The molecule has 0 spiro atoms. The van der Waals surface area contributed by atoms with Gasteiger partial charge in [-0.05, 0) is 50.2 Å². The Kier molecular flexibility index (Phi) is 10.2. The number of urea groups is 1. The van der Waals surface area contributed by atoms with Crippen molar-refractivity contribution in [2.75, 3.05) is 33.2 Å². The highest BCUT2D eigenvalue weighted by Gasteiger charge is 2.21. The molecule has 0 saturated heterocycles. The largest absolute Gasteiger partial charge is 0.338 e. The molecule has 2 amide bonds. The van der Waals surface area contributed by atoms with Crippen LogP contribution in [0.2, 0.25) is 0 Å². The summed E-state index contributed by atoms with van der Waals surface area (Å²) < 4.78 is 26.6. The van der Waals surface area contributed by atoms with Gasteiger partial charge < -0.3 is 15.5 Å². The number of carbonyl (C=O) groups excluding carboxylic acids is 1. The molecule has 1 atom stereocenters. The van der Waals surface area contributed by atoms with Crippen molar-refractivity contribution in [3.8, 4) is 0 Å².